The van der Waals surface area contributed by atoms with Gasteiger partial charge in [0.2, 0.25) is 12.2 Å². The maximum absolute atomic E-state index is 13.4. The number of nitrogens with one attached hydrogen (secondary N) is 1. The van der Waals surface area contributed by atoms with Crippen molar-refractivity contribution >= 4 is 10.9 Å². The highest BCUT2D eigenvalue weighted by Crippen LogP contribution is 2.26. The van der Waals surface area contributed by atoms with E-state index in [0.29, 0.717) is 16.7 Å². The molecular weight excluding hydrogens is 197 g/mol. The Hall–Kier alpha value is -2.17. The van der Waals surface area contributed by atoms with Gasteiger partial charge in [0.25, 0.3) is 0 Å². The third-order valence-electron chi connectivity index (χ3n) is 2.27. The van der Waals surface area contributed by atoms with E-state index in [2.05, 4.69) is 19.6 Å². The van der Waals surface area contributed by atoms with E-state index in [0.717, 1.165) is 5.56 Å². The number of nitrogens with zero attached hydrogens (tertiary/aromatic N) is 2. The number of aromatic nitrogens is 3. The fourth-order valence-corrected chi connectivity index (χ4v) is 1.60. The summed E-state index contributed by atoms with van der Waals surface area (Å²) in [7, 11) is 0. The predicted octanol–water partition coefficient (Wildman–Crippen LogP) is 2.36. The average Bonchev–Trinajstić information content (AvgIpc) is 2.88. The first kappa shape index (κ1) is 8.16. The summed E-state index contributed by atoms with van der Waals surface area (Å²) in [5.41, 5.74) is 1.40. The molecule has 0 aliphatic carbocycles. The van der Waals surface area contributed by atoms with Gasteiger partial charge < -0.3 is 9.51 Å². The Labute approximate surface area is 83.7 Å². The fourth-order valence-electron chi connectivity index (χ4n) is 1.60. The molecule has 1 aromatic carbocycles. The summed E-state index contributed by atoms with van der Waals surface area (Å²) in [6, 6.07) is 4.69. The lowest BCUT2D eigenvalue weighted by molar-refractivity contribution is 0.419. The quantitative estimate of drug-likeness (QED) is 0.660. The summed E-state index contributed by atoms with van der Waals surface area (Å²) >= 11 is 0. The topological polar surface area (TPSA) is 54.7 Å². The maximum Gasteiger partial charge on any atom is 0.214 e. The Morgan fingerprint density at radius 1 is 1.27 bits per heavy atom. The Bertz CT molecular complexity index is 600. The van der Waals surface area contributed by atoms with Crippen LogP contribution in [0.5, 0.6) is 0 Å². The van der Waals surface area contributed by atoms with E-state index >= 15 is 0 Å². The molecule has 5 heteroatoms. The molecule has 0 bridgehead atoms. The van der Waals surface area contributed by atoms with Crippen LogP contribution in [0.15, 0.2) is 35.3 Å². The zero-order valence-electron chi connectivity index (χ0n) is 7.57. The molecule has 3 aromatic rings. The number of aromatic amines is 1. The van der Waals surface area contributed by atoms with Crippen LogP contribution in [0, 0.1) is 5.82 Å². The van der Waals surface area contributed by atoms with E-state index < -0.39 is 0 Å². The number of rotatable bonds is 1. The highest BCUT2D eigenvalue weighted by molar-refractivity contribution is 5.92. The lowest BCUT2D eigenvalue weighted by Crippen LogP contribution is -1.84. The third kappa shape index (κ3) is 1.13. The van der Waals surface area contributed by atoms with Gasteiger partial charge in [0.1, 0.15) is 5.82 Å². The van der Waals surface area contributed by atoms with Crippen LogP contribution in [-0.2, 0) is 0 Å². The summed E-state index contributed by atoms with van der Waals surface area (Å²) in [5, 5.41) is 4.24. The minimum Gasteiger partial charge on any atom is -0.360 e. The molecular formula is C10H6FN3O. The lowest BCUT2D eigenvalue weighted by Gasteiger charge is -1.98. The molecule has 2 heterocycles. The van der Waals surface area contributed by atoms with E-state index in [1.807, 2.05) is 0 Å². The van der Waals surface area contributed by atoms with Gasteiger partial charge in [0.15, 0.2) is 0 Å². The molecule has 0 saturated carbocycles. The number of fused-ring (bicyclic) bond motifs is 1. The van der Waals surface area contributed by atoms with E-state index in [-0.39, 0.29) is 5.82 Å². The number of halogens is 1. The van der Waals surface area contributed by atoms with Crippen LogP contribution < -0.4 is 0 Å². The van der Waals surface area contributed by atoms with Gasteiger partial charge >= 0.3 is 0 Å². The highest BCUT2D eigenvalue weighted by Gasteiger charge is 2.11. The standard InChI is InChI=1S/C10H6FN3O/c11-8-2-1-7(10-13-5-15-14-10)9-6(8)3-4-12-9/h1-5,12H. The van der Waals surface area contributed by atoms with Gasteiger partial charge in [-0.2, -0.15) is 4.98 Å². The van der Waals surface area contributed by atoms with E-state index in [4.69, 9.17) is 0 Å². The zero-order chi connectivity index (χ0) is 10.3. The minimum atomic E-state index is -0.265. The largest absolute Gasteiger partial charge is 0.360 e. The minimum absolute atomic E-state index is 0.265. The van der Waals surface area contributed by atoms with Gasteiger partial charge in [-0.15, -0.1) is 0 Å². The molecule has 0 amide bonds. The average molecular weight is 203 g/mol. The molecule has 0 atom stereocenters. The molecule has 0 unspecified atom stereocenters. The maximum atomic E-state index is 13.4. The smallest absolute Gasteiger partial charge is 0.214 e. The Morgan fingerprint density at radius 3 is 3.00 bits per heavy atom. The van der Waals surface area contributed by atoms with Crippen LogP contribution in [0.25, 0.3) is 22.3 Å². The summed E-state index contributed by atoms with van der Waals surface area (Å²) in [6.45, 7) is 0. The molecule has 0 fully saturated rings. The van der Waals surface area contributed by atoms with Crippen molar-refractivity contribution in [3.8, 4) is 11.4 Å². The molecule has 0 saturated heterocycles. The van der Waals surface area contributed by atoms with Crippen LogP contribution in [0.3, 0.4) is 0 Å². The lowest BCUT2D eigenvalue weighted by atomic mass is 10.1. The Morgan fingerprint density at radius 2 is 2.20 bits per heavy atom. The van der Waals surface area contributed by atoms with Gasteiger partial charge in [0.05, 0.1) is 5.52 Å². The molecule has 4 nitrogen and oxygen atoms in total. The molecule has 0 spiro atoms. The van der Waals surface area contributed by atoms with Crippen molar-refractivity contribution in [1.29, 1.82) is 0 Å². The van der Waals surface area contributed by atoms with Crippen molar-refractivity contribution in [1.82, 2.24) is 15.1 Å². The molecule has 0 radical (unpaired) electrons. The van der Waals surface area contributed by atoms with E-state index in [1.165, 1.54) is 12.5 Å². The van der Waals surface area contributed by atoms with Crippen molar-refractivity contribution in [2.24, 2.45) is 0 Å². The van der Waals surface area contributed by atoms with Crippen molar-refractivity contribution in [2.45, 2.75) is 0 Å². The van der Waals surface area contributed by atoms with Crippen LogP contribution in [0.2, 0.25) is 0 Å². The van der Waals surface area contributed by atoms with Crippen molar-refractivity contribution < 1.29 is 8.91 Å². The summed E-state index contributed by atoms with van der Waals surface area (Å²) in [4.78, 5) is 6.88. The van der Waals surface area contributed by atoms with Crippen LogP contribution in [0.1, 0.15) is 0 Å². The van der Waals surface area contributed by atoms with Crippen LogP contribution in [0.4, 0.5) is 4.39 Å². The second-order valence-corrected chi connectivity index (χ2v) is 3.12. The van der Waals surface area contributed by atoms with Gasteiger partial charge in [-0.1, -0.05) is 5.16 Å². The first-order chi connectivity index (χ1) is 7.36. The molecule has 1 N–H and O–H groups in total. The van der Waals surface area contributed by atoms with Crippen LogP contribution in [-0.4, -0.2) is 15.1 Å². The first-order valence-corrected chi connectivity index (χ1v) is 4.38. The fraction of sp³-hybridized carbons (Fsp3) is 0. The number of hydrogen-bond donors (Lipinski definition) is 1. The number of benzene rings is 1. The Balaban J connectivity index is 2.37. The second kappa shape index (κ2) is 2.91. The predicted molar refractivity (Wildman–Crippen MR) is 51.5 cm³/mol. The molecule has 74 valence electrons. The van der Waals surface area contributed by atoms with E-state index in [1.54, 1.807) is 18.3 Å². The number of hydrogen-bond acceptors (Lipinski definition) is 3. The summed E-state index contributed by atoms with van der Waals surface area (Å²) in [5.74, 6) is 0.181. The zero-order valence-corrected chi connectivity index (χ0v) is 7.57. The van der Waals surface area contributed by atoms with Crippen LogP contribution >= 0.6 is 0 Å². The van der Waals surface area contributed by atoms with Crippen molar-refractivity contribution in [3.63, 3.8) is 0 Å². The third-order valence-corrected chi connectivity index (χ3v) is 2.27. The molecule has 3 rings (SSSR count). The Kier molecular flexibility index (Phi) is 1.58. The van der Waals surface area contributed by atoms with Gasteiger partial charge in [-0.3, -0.25) is 0 Å². The van der Waals surface area contributed by atoms with Crippen molar-refractivity contribution in [2.75, 3.05) is 0 Å². The van der Waals surface area contributed by atoms with Gasteiger partial charge in [0, 0.05) is 17.1 Å². The summed E-state index contributed by atoms with van der Waals surface area (Å²) < 4.78 is 18.0. The molecule has 0 aliphatic rings. The molecule has 15 heavy (non-hydrogen) atoms. The highest BCUT2D eigenvalue weighted by atomic mass is 19.1. The first-order valence-electron chi connectivity index (χ1n) is 4.38. The second-order valence-electron chi connectivity index (χ2n) is 3.12. The number of H-pyrrole nitrogens is 1. The normalized spacial score (nSPS) is 11.0. The van der Waals surface area contributed by atoms with E-state index in [9.17, 15) is 4.39 Å². The van der Waals surface area contributed by atoms with Gasteiger partial charge in [-0.05, 0) is 18.2 Å². The molecule has 2 aromatic heterocycles. The van der Waals surface area contributed by atoms with Gasteiger partial charge in [-0.25, -0.2) is 4.39 Å². The SMILES string of the molecule is Fc1ccc(-c2ncon2)c2[nH]ccc12. The summed E-state index contributed by atoms with van der Waals surface area (Å²) in [6.07, 6.45) is 2.92. The molecule has 0 aliphatic heterocycles. The monoisotopic (exact) mass is 203 g/mol. The van der Waals surface area contributed by atoms with Crippen molar-refractivity contribution in [3.05, 3.63) is 36.6 Å².